The summed E-state index contributed by atoms with van der Waals surface area (Å²) in [6, 6.07) is 10.8. The van der Waals surface area contributed by atoms with Crippen molar-refractivity contribution in [1.82, 2.24) is 10.6 Å². The van der Waals surface area contributed by atoms with Crippen LogP contribution in [0.15, 0.2) is 58.2 Å². The monoisotopic (exact) mass is 431 g/mol. The van der Waals surface area contributed by atoms with Crippen molar-refractivity contribution in [3.63, 3.8) is 0 Å². The Bertz CT molecular complexity index is 925. The van der Waals surface area contributed by atoms with Gasteiger partial charge in [-0.3, -0.25) is 4.79 Å². The number of phenolic OH excluding ortho intramolecular Hbond substituents is 1. The zero-order chi connectivity index (χ0) is 19.6. The fourth-order valence-electron chi connectivity index (χ4n) is 2.85. The summed E-state index contributed by atoms with van der Waals surface area (Å²) in [5.41, 5.74) is 2.05. The van der Waals surface area contributed by atoms with E-state index in [4.69, 9.17) is 4.74 Å². The summed E-state index contributed by atoms with van der Waals surface area (Å²) in [6.45, 7) is 1.67. The van der Waals surface area contributed by atoms with Gasteiger partial charge in [0.05, 0.1) is 18.7 Å². The van der Waals surface area contributed by atoms with E-state index in [9.17, 15) is 14.7 Å². The normalized spacial score (nSPS) is 16.4. The van der Waals surface area contributed by atoms with Crippen LogP contribution in [-0.2, 0) is 4.79 Å². The number of halogens is 1. The summed E-state index contributed by atoms with van der Waals surface area (Å²) in [5, 5.41) is 18.0. The van der Waals surface area contributed by atoms with Gasteiger partial charge < -0.3 is 25.8 Å². The van der Waals surface area contributed by atoms with Crippen molar-refractivity contribution < 1.29 is 19.4 Å². The molecular formula is C19H18BrN3O4. The highest BCUT2D eigenvalue weighted by Crippen LogP contribution is 2.33. The van der Waals surface area contributed by atoms with Crippen LogP contribution in [0, 0.1) is 0 Å². The van der Waals surface area contributed by atoms with Crippen LogP contribution in [0.4, 0.5) is 10.5 Å². The molecule has 1 aliphatic rings. The van der Waals surface area contributed by atoms with Crippen molar-refractivity contribution in [2.24, 2.45) is 0 Å². The van der Waals surface area contributed by atoms with Crippen LogP contribution in [-0.4, -0.2) is 24.2 Å². The van der Waals surface area contributed by atoms with Gasteiger partial charge in [-0.15, -0.1) is 0 Å². The summed E-state index contributed by atoms with van der Waals surface area (Å²) in [7, 11) is 1.43. The van der Waals surface area contributed by atoms with E-state index in [1.807, 2.05) is 12.1 Å². The number of allylic oxidation sites excluding steroid dienone is 1. The number of aromatic hydroxyl groups is 1. The zero-order valence-electron chi connectivity index (χ0n) is 14.7. The maximum absolute atomic E-state index is 12.9. The number of benzene rings is 2. The van der Waals surface area contributed by atoms with Gasteiger partial charge in [0.25, 0.3) is 5.91 Å². The average molecular weight is 432 g/mol. The first-order valence-electron chi connectivity index (χ1n) is 8.11. The molecule has 1 aliphatic heterocycles. The van der Waals surface area contributed by atoms with E-state index < -0.39 is 12.1 Å². The molecule has 0 aliphatic carbocycles. The van der Waals surface area contributed by atoms with E-state index in [0.717, 1.165) is 4.47 Å². The molecule has 8 heteroatoms. The number of hydrogen-bond donors (Lipinski definition) is 4. The number of carbonyl (C=O) groups excluding carboxylic acids is 2. The minimum absolute atomic E-state index is 0.0249. The molecule has 7 nitrogen and oxygen atoms in total. The highest BCUT2D eigenvalue weighted by Gasteiger charge is 2.31. The molecule has 0 spiro atoms. The Labute approximate surface area is 164 Å². The molecule has 27 heavy (non-hydrogen) atoms. The molecule has 1 heterocycles. The lowest BCUT2D eigenvalue weighted by molar-refractivity contribution is -0.113. The van der Waals surface area contributed by atoms with Gasteiger partial charge in [0.1, 0.15) is 0 Å². The number of amides is 3. The van der Waals surface area contributed by atoms with Crippen molar-refractivity contribution >= 4 is 33.6 Å². The number of anilines is 1. The fraction of sp³-hybridized carbons (Fsp3) is 0.158. The first kappa shape index (κ1) is 18.8. The third kappa shape index (κ3) is 4.06. The van der Waals surface area contributed by atoms with Crippen molar-refractivity contribution in [3.8, 4) is 11.5 Å². The quantitative estimate of drug-likeness (QED) is 0.595. The third-order valence-corrected chi connectivity index (χ3v) is 4.68. The topological polar surface area (TPSA) is 99.7 Å². The van der Waals surface area contributed by atoms with Gasteiger partial charge in [0.2, 0.25) is 0 Å². The third-order valence-electron chi connectivity index (χ3n) is 4.15. The number of hydrogen-bond acceptors (Lipinski definition) is 4. The fourth-order valence-corrected chi connectivity index (χ4v) is 3.11. The van der Waals surface area contributed by atoms with Crippen molar-refractivity contribution in [2.75, 3.05) is 12.4 Å². The molecule has 4 N–H and O–H groups in total. The summed E-state index contributed by atoms with van der Waals surface area (Å²) in [6.07, 6.45) is 0. The number of rotatable bonds is 4. The molecule has 1 unspecified atom stereocenters. The first-order chi connectivity index (χ1) is 12.9. The Hall–Kier alpha value is -3.00. The number of nitrogens with one attached hydrogen (secondary N) is 3. The molecule has 0 fully saturated rings. The van der Waals surface area contributed by atoms with Crippen LogP contribution in [0.2, 0.25) is 0 Å². The number of methoxy groups -OCH3 is 1. The highest BCUT2D eigenvalue weighted by molar-refractivity contribution is 9.10. The highest BCUT2D eigenvalue weighted by atomic mass is 79.9. The number of urea groups is 1. The van der Waals surface area contributed by atoms with Gasteiger partial charge in [-0.1, -0.05) is 22.0 Å². The Morgan fingerprint density at radius 3 is 2.59 bits per heavy atom. The second-order valence-electron chi connectivity index (χ2n) is 5.96. The summed E-state index contributed by atoms with van der Waals surface area (Å²) >= 11 is 3.35. The van der Waals surface area contributed by atoms with Crippen molar-refractivity contribution in [1.29, 1.82) is 0 Å². The molecular weight excluding hydrogens is 414 g/mol. The molecule has 2 aromatic carbocycles. The maximum atomic E-state index is 12.9. The first-order valence-corrected chi connectivity index (χ1v) is 8.90. The summed E-state index contributed by atoms with van der Waals surface area (Å²) in [4.78, 5) is 24.9. The molecule has 0 radical (unpaired) electrons. The van der Waals surface area contributed by atoms with E-state index in [-0.39, 0.29) is 17.4 Å². The molecule has 0 bridgehead atoms. The van der Waals surface area contributed by atoms with Gasteiger partial charge in [0, 0.05) is 15.9 Å². The SMILES string of the molecule is COc1cc(C2NC(=O)NC(C)=C2C(=O)Nc2ccc(Br)cc2)ccc1O. The zero-order valence-corrected chi connectivity index (χ0v) is 16.3. The lowest BCUT2D eigenvalue weighted by atomic mass is 9.94. The minimum Gasteiger partial charge on any atom is -0.504 e. The second kappa shape index (κ2) is 7.71. The summed E-state index contributed by atoms with van der Waals surface area (Å²) < 4.78 is 6.03. The molecule has 0 aromatic heterocycles. The molecule has 140 valence electrons. The van der Waals surface area contributed by atoms with E-state index in [0.29, 0.717) is 22.5 Å². The van der Waals surface area contributed by atoms with Gasteiger partial charge in [0.15, 0.2) is 11.5 Å². The standard InChI is InChI=1S/C19H18BrN3O4/c1-10-16(18(25)22-13-6-4-12(20)5-7-13)17(23-19(26)21-10)11-3-8-14(24)15(9-11)27-2/h3-9,17,24H,1-2H3,(H,22,25)(H2,21,23,26). The van der Waals surface area contributed by atoms with Crippen LogP contribution >= 0.6 is 15.9 Å². The largest absolute Gasteiger partial charge is 0.504 e. The Kier molecular flexibility index (Phi) is 5.36. The van der Waals surface area contributed by atoms with Gasteiger partial charge in [-0.2, -0.15) is 0 Å². The summed E-state index contributed by atoms with van der Waals surface area (Å²) in [5.74, 6) is -0.118. The molecule has 0 saturated carbocycles. The second-order valence-corrected chi connectivity index (χ2v) is 6.88. The van der Waals surface area contributed by atoms with E-state index in [1.165, 1.54) is 13.2 Å². The smallest absolute Gasteiger partial charge is 0.319 e. The lowest BCUT2D eigenvalue weighted by Gasteiger charge is -2.29. The maximum Gasteiger partial charge on any atom is 0.319 e. The Morgan fingerprint density at radius 1 is 1.22 bits per heavy atom. The Balaban J connectivity index is 1.96. The number of ether oxygens (including phenoxy) is 1. The number of phenols is 1. The van der Waals surface area contributed by atoms with Gasteiger partial charge in [-0.05, 0) is 48.9 Å². The van der Waals surface area contributed by atoms with Crippen LogP contribution in [0.25, 0.3) is 0 Å². The van der Waals surface area contributed by atoms with Crippen LogP contribution < -0.4 is 20.7 Å². The van der Waals surface area contributed by atoms with E-state index in [2.05, 4.69) is 31.9 Å². The van der Waals surface area contributed by atoms with Crippen LogP contribution in [0.5, 0.6) is 11.5 Å². The van der Waals surface area contributed by atoms with Crippen LogP contribution in [0.1, 0.15) is 18.5 Å². The molecule has 0 saturated heterocycles. The molecule has 1 atom stereocenters. The predicted molar refractivity (Wildman–Crippen MR) is 105 cm³/mol. The van der Waals surface area contributed by atoms with Gasteiger partial charge >= 0.3 is 6.03 Å². The average Bonchev–Trinajstić information content (AvgIpc) is 2.63. The minimum atomic E-state index is -0.691. The lowest BCUT2D eigenvalue weighted by Crippen LogP contribution is -2.45. The predicted octanol–water partition coefficient (Wildman–Crippen LogP) is 3.43. The van der Waals surface area contributed by atoms with Crippen molar-refractivity contribution in [2.45, 2.75) is 13.0 Å². The van der Waals surface area contributed by atoms with Crippen molar-refractivity contribution in [3.05, 3.63) is 63.8 Å². The molecule has 3 amide bonds. The van der Waals surface area contributed by atoms with E-state index >= 15 is 0 Å². The number of carbonyl (C=O) groups is 2. The van der Waals surface area contributed by atoms with Gasteiger partial charge in [-0.25, -0.2) is 4.79 Å². The van der Waals surface area contributed by atoms with E-state index in [1.54, 1.807) is 31.2 Å². The van der Waals surface area contributed by atoms with Crippen LogP contribution in [0.3, 0.4) is 0 Å². The molecule has 2 aromatic rings. The molecule has 3 rings (SSSR count). The Morgan fingerprint density at radius 2 is 1.93 bits per heavy atom.